The quantitative estimate of drug-likeness (QED) is 0.557. The highest BCUT2D eigenvalue weighted by Crippen LogP contribution is 2.27. The Labute approximate surface area is 182 Å². The van der Waals surface area contributed by atoms with Crippen LogP contribution in [0.4, 0.5) is 5.69 Å². The summed E-state index contributed by atoms with van der Waals surface area (Å²) in [6.07, 6.45) is 4.48. The Kier molecular flexibility index (Phi) is 6.94. The molecule has 1 aromatic heterocycles. The molecule has 0 unspecified atom stereocenters. The molecular formula is C24H28N4O3. The minimum Gasteiger partial charge on any atom is -0.491 e. The Morgan fingerprint density at radius 2 is 1.94 bits per heavy atom. The van der Waals surface area contributed by atoms with E-state index in [0.29, 0.717) is 13.2 Å². The molecule has 0 bridgehead atoms. The van der Waals surface area contributed by atoms with E-state index in [0.717, 1.165) is 60.0 Å². The van der Waals surface area contributed by atoms with Crippen LogP contribution in [-0.4, -0.2) is 40.5 Å². The van der Waals surface area contributed by atoms with E-state index < -0.39 is 0 Å². The van der Waals surface area contributed by atoms with Crippen LogP contribution in [-0.2, 0) is 22.5 Å². The number of fused-ring (bicyclic) bond motifs is 1. The molecule has 31 heavy (non-hydrogen) atoms. The highest BCUT2D eigenvalue weighted by Gasteiger charge is 2.17. The predicted molar refractivity (Wildman–Crippen MR) is 119 cm³/mol. The van der Waals surface area contributed by atoms with E-state index >= 15 is 0 Å². The first-order chi connectivity index (χ1) is 15.2. The molecule has 162 valence electrons. The van der Waals surface area contributed by atoms with Crippen LogP contribution < -0.4 is 10.1 Å². The Balaban J connectivity index is 1.32. The topological polar surface area (TPSA) is 78.3 Å². The third-order valence-electron chi connectivity index (χ3n) is 5.35. The van der Waals surface area contributed by atoms with E-state index in [1.54, 1.807) is 0 Å². The molecule has 0 radical (unpaired) electrons. The van der Waals surface area contributed by atoms with Crippen molar-refractivity contribution in [2.75, 3.05) is 25.1 Å². The molecule has 0 atom stereocenters. The molecule has 1 N–H and O–H groups in total. The normalized spacial score (nSPS) is 13.3. The molecule has 7 nitrogen and oxygen atoms in total. The highest BCUT2D eigenvalue weighted by atomic mass is 16.5. The van der Waals surface area contributed by atoms with Gasteiger partial charge in [-0.2, -0.15) is 0 Å². The maximum Gasteiger partial charge on any atom is 0.250 e. The van der Waals surface area contributed by atoms with E-state index in [1.807, 2.05) is 55.5 Å². The van der Waals surface area contributed by atoms with Crippen molar-refractivity contribution in [1.29, 1.82) is 0 Å². The number of carbonyl (C=O) groups excluding carboxylic acids is 1. The zero-order valence-corrected chi connectivity index (χ0v) is 17.8. The lowest BCUT2D eigenvalue weighted by Gasteiger charge is -2.12. The summed E-state index contributed by atoms with van der Waals surface area (Å²) in [4.78, 5) is 12.4. The van der Waals surface area contributed by atoms with Crippen molar-refractivity contribution in [2.45, 2.75) is 39.2 Å². The smallest absolute Gasteiger partial charge is 0.250 e. The third kappa shape index (κ3) is 5.49. The molecule has 2 heterocycles. The predicted octanol–water partition coefficient (Wildman–Crippen LogP) is 4.01. The lowest BCUT2D eigenvalue weighted by Crippen LogP contribution is -2.20. The average Bonchev–Trinajstić information content (AvgIpc) is 3.04. The second-order valence-electron chi connectivity index (χ2n) is 7.69. The first-order valence-corrected chi connectivity index (χ1v) is 10.8. The maximum absolute atomic E-state index is 12.4. The first-order valence-electron chi connectivity index (χ1n) is 10.8. The molecule has 4 rings (SSSR count). The van der Waals surface area contributed by atoms with Gasteiger partial charge in [-0.25, -0.2) is 0 Å². The van der Waals surface area contributed by atoms with E-state index in [9.17, 15) is 4.79 Å². The number of benzene rings is 2. The first kappa shape index (κ1) is 21.1. The number of hydrogen-bond donors (Lipinski definition) is 1. The zero-order valence-electron chi connectivity index (χ0n) is 17.8. The molecule has 7 heteroatoms. The van der Waals surface area contributed by atoms with Crippen molar-refractivity contribution in [1.82, 2.24) is 14.8 Å². The number of nitrogens with one attached hydrogen (secondary N) is 1. The summed E-state index contributed by atoms with van der Waals surface area (Å²) in [6, 6.07) is 15.5. The fourth-order valence-corrected chi connectivity index (χ4v) is 3.68. The summed E-state index contributed by atoms with van der Waals surface area (Å²) in [5.41, 5.74) is 2.71. The van der Waals surface area contributed by atoms with Gasteiger partial charge in [-0.05, 0) is 43.5 Å². The SMILES string of the molecule is Cc1ccc(-c2nnc3n2CCCCC3)cc1NC(=O)COCCOc1ccccc1. The van der Waals surface area contributed by atoms with Crippen LogP contribution in [0.5, 0.6) is 5.75 Å². The van der Waals surface area contributed by atoms with Crippen LogP contribution in [0.2, 0.25) is 0 Å². The van der Waals surface area contributed by atoms with Crippen LogP contribution in [0.25, 0.3) is 11.4 Å². The van der Waals surface area contributed by atoms with E-state index in [-0.39, 0.29) is 12.5 Å². The Morgan fingerprint density at radius 3 is 2.81 bits per heavy atom. The summed E-state index contributed by atoms with van der Waals surface area (Å²) >= 11 is 0. The largest absolute Gasteiger partial charge is 0.491 e. The summed E-state index contributed by atoms with van der Waals surface area (Å²) in [5.74, 6) is 2.50. The van der Waals surface area contributed by atoms with Crippen LogP contribution in [0, 0.1) is 6.92 Å². The highest BCUT2D eigenvalue weighted by molar-refractivity contribution is 5.93. The second kappa shape index (κ2) is 10.2. The Morgan fingerprint density at radius 1 is 1.06 bits per heavy atom. The molecule has 0 saturated carbocycles. The fraction of sp³-hybridized carbons (Fsp3) is 0.375. The van der Waals surface area contributed by atoms with E-state index in [4.69, 9.17) is 9.47 Å². The van der Waals surface area contributed by atoms with Crippen molar-refractivity contribution in [3.63, 3.8) is 0 Å². The van der Waals surface area contributed by atoms with Crippen molar-refractivity contribution in [2.24, 2.45) is 0 Å². The molecule has 0 saturated heterocycles. The molecule has 0 spiro atoms. The van der Waals surface area contributed by atoms with Gasteiger partial charge < -0.3 is 19.4 Å². The zero-order chi connectivity index (χ0) is 21.5. The maximum atomic E-state index is 12.4. The van der Waals surface area contributed by atoms with Gasteiger partial charge in [0.05, 0.1) is 6.61 Å². The van der Waals surface area contributed by atoms with Gasteiger partial charge >= 0.3 is 0 Å². The van der Waals surface area contributed by atoms with Crippen molar-refractivity contribution >= 4 is 11.6 Å². The molecule has 2 aromatic carbocycles. The van der Waals surface area contributed by atoms with Gasteiger partial charge in [-0.1, -0.05) is 36.8 Å². The van der Waals surface area contributed by atoms with Crippen LogP contribution in [0.3, 0.4) is 0 Å². The molecule has 0 aliphatic carbocycles. The lowest BCUT2D eigenvalue weighted by atomic mass is 10.1. The van der Waals surface area contributed by atoms with E-state index in [2.05, 4.69) is 20.1 Å². The number of carbonyl (C=O) groups is 1. The number of para-hydroxylation sites is 1. The number of rotatable bonds is 8. The Bertz CT molecular complexity index is 1020. The lowest BCUT2D eigenvalue weighted by molar-refractivity contribution is -0.120. The number of anilines is 1. The van der Waals surface area contributed by atoms with Crippen molar-refractivity contribution < 1.29 is 14.3 Å². The number of ether oxygens (including phenoxy) is 2. The molecule has 1 amide bonds. The minimum atomic E-state index is -0.194. The van der Waals surface area contributed by atoms with Gasteiger partial charge in [0.2, 0.25) is 5.91 Å². The number of aromatic nitrogens is 3. The van der Waals surface area contributed by atoms with Crippen LogP contribution in [0.1, 0.15) is 30.7 Å². The van der Waals surface area contributed by atoms with Gasteiger partial charge in [0, 0.05) is 24.2 Å². The van der Waals surface area contributed by atoms with Gasteiger partial charge in [-0.15, -0.1) is 10.2 Å². The molecule has 3 aromatic rings. The summed E-state index contributed by atoms with van der Waals surface area (Å²) < 4.78 is 13.2. The monoisotopic (exact) mass is 420 g/mol. The minimum absolute atomic E-state index is 0.0256. The number of aryl methyl sites for hydroxylation is 2. The van der Waals surface area contributed by atoms with E-state index in [1.165, 1.54) is 6.42 Å². The average molecular weight is 421 g/mol. The van der Waals surface area contributed by atoms with Crippen molar-refractivity contribution in [3.8, 4) is 17.1 Å². The molecule has 0 fully saturated rings. The van der Waals surface area contributed by atoms with Crippen molar-refractivity contribution in [3.05, 3.63) is 59.9 Å². The molecule has 1 aliphatic rings. The van der Waals surface area contributed by atoms with Gasteiger partial charge in [0.15, 0.2) is 5.82 Å². The standard InChI is InChI=1S/C24H28N4O3/c1-18-11-12-19(24-27-26-22-10-6-3-7-13-28(22)24)16-21(18)25-23(29)17-30-14-15-31-20-8-4-2-5-9-20/h2,4-5,8-9,11-12,16H,3,6-7,10,13-15,17H2,1H3,(H,25,29). The number of hydrogen-bond acceptors (Lipinski definition) is 5. The van der Waals surface area contributed by atoms with Gasteiger partial charge in [0.25, 0.3) is 0 Å². The summed E-state index contributed by atoms with van der Waals surface area (Å²) in [7, 11) is 0. The number of amides is 1. The molecular weight excluding hydrogens is 392 g/mol. The Hall–Kier alpha value is -3.19. The third-order valence-corrected chi connectivity index (χ3v) is 5.35. The van der Waals surface area contributed by atoms with Gasteiger partial charge in [-0.3, -0.25) is 4.79 Å². The second-order valence-corrected chi connectivity index (χ2v) is 7.69. The van der Waals surface area contributed by atoms with Crippen LogP contribution >= 0.6 is 0 Å². The van der Waals surface area contributed by atoms with Crippen LogP contribution in [0.15, 0.2) is 48.5 Å². The number of nitrogens with zero attached hydrogens (tertiary/aromatic N) is 3. The molecule has 1 aliphatic heterocycles. The summed E-state index contributed by atoms with van der Waals surface area (Å²) in [5, 5.41) is 11.7. The fourth-order valence-electron chi connectivity index (χ4n) is 3.68. The summed E-state index contributed by atoms with van der Waals surface area (Å²) in [6.45, 7) is 3.61. The van der Waals surface area contributed by atoms with Gasteiger partial charge in [0.1, 0.15) is 24.8 Å².